The zero-order valence-corrected chi connectivity index (χ0v) is 13.0. The molecule has 0 saturated carbocycles. The second-order valence-corrected chi connectivity index (χ2v) is 7.09. The molecule has 0 saturated heterocycles. The van der Waals surface area contributed by atoms with E-state index in [1.807, 2.05) is 0 Å². The van der Waals surface area contributed by atoms with Gasteiger partial charge in [0.1, 0.15) is 0 Å². The van der Waals surface area contributed by atoms with Gasteiger partial charge in [0.05, 0.1) is 33.6 Å². The van der Waals surface area contributed by atoms with Crippen LogP contribution in [0.3, 0.4) is 0 Å². The van der Waals surface area contributed by atoms with Crippen LogP contribution in [0.4, 0.5) is 5.69 Å². The molecular weight excluding hydrogens is 337 g/mol. The molecule has 6 nitrogen and oxygen atoms in total. The van der Waals surface area contributed by atoms with Crippen molar-refractivity contribution in [2.75, 3.05) is 5.32 Å². The lowest BCUT2D eigenvalue weighted by Gasteiger charge is -2.11. The van der Waals surface area contributed by atoms with Crippen LogP contribution in [0, 0.1) is 6.92 Å². The Morgan fingerprint density at radius 2 is 2.00 bits per heavy atom. The average molecular weight is 346 g/mol. The van der Waals surface area contributed by atoms with Gasteiger partial charge in [-0.15, -0.1) is 0 Å². The maximum Gasteiger partial charge on any atom is 0.261 e. The standard InChI is InChI=1S/C12H9Cl2N3O3S/c1-7-4-9(21(14,19)20)5-10(13)11(7)17-12(18)8-2-3-15-16-6-8/h2-6H,1H3,(H,17,18). The molecule has 1 N–H and O–H groups in total. The molecule has 110 valence electrons. The van der Waals surface area contributed by atoms with Crippen LogP contribution in [0.2, 0.25) is 5.02 Å². The van der Waals surface area contributed by atoms with E-state index in [0.29, 0.717) is 16.8 Å². The summed E-state index contributed by atoms with van der Waals surface area (Å²) < 4.78 is 22.6. The number of carbonyl (C=O) groups is 1. The normalized spacial score (nSPS) is 11.2. The van der Waals surface area contributed by atoms with E-state index in [0.717, 1.165) is 0 Å². The number of carbonyl (C=O) groups excluding carboxylic acids is 1. The van der Waals surface area contributed by atoms with E-state index in [1.165, 1.54) is 30.6 Å². The first-order valence-electron chi connectivity index (χ1n) is 5.62. The molecule has 0 atom stereocenters. The summed E-state index contributed by atoms with van der Waals surface area (Å²) in [7, 11) is 1.38. The van der Waals surface area contributed by atoms with Crippen LogP contribution in [0.5, 0.6) is 0 Å². The van der Waals surface area contributed by atoms with Gasteiger partial charge in [-0.25, -0.2) is 8.42 Å². The number of hydrogen-bond acceptors (Lipinski definition) is 5. The second-order valence-electron chi connectivity index (χ2n) is 4.12. The first-order chi connectivity index (χ1) is 9.79. The molecule has 9 heteroatoms. The van der Waals surface area contributed by atoms with E-state index in [1.54, 1.807) is 6.92 Å². The Bertz CT molecular complexity index is 772. The highest BCUT2D eigenvalue weighted by Crippen LogP contribution is 2.31. The Hall–Kier alpha value is -1.70. The molecule has 2 aromatic rings. The third-order valence-corrected chi connectivity index (χ3v) is 4.26. The van der Waals surface area contributed by atoms with E-state index in [4.69, 9.17) is 22.3 Å². The Balaban J connectivity index is 2.36. The number of benzene rings is 1. The third kappa shape index (κ3) is 3.69. The van der Waals surface area contributed by atoms with Crippen LogP contribution < -0.4 is 5.32 Å². The number of halogens is 2. The maximum atomic E-state index is 12.0. The van der Waals surface area contributed by atoms with Gasteiger partial charge in [-0.2, -0.15) is 10.2 Å². The van der Waals surface area contributed by atoms with Crippen LogP contribution in [-0.4, -0.2) is 24.5 Å². The molecule has 0 aliphatic rings. The predicted octanol–water partition coefficient (Wildman–Crippen LogP) is 2.62. The van der Waals surface area contributed by atoms with Gasteiger partial charge in [0, 0.05) is 10.7 Å². The molecule has 0 radical (unpaired) electrons. The zero-order valence-electron chi connectivity index (χ0n) is 10.7. The molecule has 2 rings (SSSR count). The summed E-state index contributed by atoms with van der Waals surface area (Å²) in [6.45, 7) is 1.61. The SMILES string of the molecule is Cc1cc(S(=O)(=O)Cl)cc(Cl)c1NC(=O)c1ccnnc1. The molecule has 21 heavy (non-hydrogen) atoms. The van der Waals surface area contributed by atoms with Gasteiger partial charge >= 0.3 is 0 Å². The van der Waals surface area contributed by atoms with Crippen molar-refractivity contribution >= 4 is 42.9 Å². The van der Waals surface area contributed by atoms with Crippen LogP contribution in [0.1, 0.15) is 15.9 Å². The van der Waals surface area contributed by atoms with E-state index in [-0.39, 0.29) is 9.92 Å². The molecule has 0 aliphatic carbocycles. The first-order valence-corrected chi connectivity index (χ1v) is 8.30. The van der Waals surface area contributed by atoms with Crippen molar-refractivity contribution in [2.24, 2.45) is 0 Å². The van der Waals surface area contributed by atoms with Crippen molar-refractivity contribution in [2.45, 2.75) is 11.8 Å². The highest BCUT2D eigenvalue weighted by atomic mass is 35.7. The fourth-order valence-corrected chi connectivity index (χ4v) is 2.84. The molecule has 0 spiro atoms. The Kier molecular flexibility index (Phi) is 4.46. The number of aryl methyl sites for hydroxylation is 1. The molecule has 0 fully saturated rings. The number of amides is 1. The molecular formula is C12H9Cl2N3O3S. The smallest absolute Gasteiger partial charge is 0.261 e. The summed E-state index contributed by atoms with van der Waals surface area (Å²) in [5.74, 6) is -0.434. The average Bonchev–Trinajstić information content (AvgIpc) is 2.42. The second kappa shape index (κ2) is 5.97. The number of nitrogens with zero attached hydrogens (tertiary/aromatic N) is 2. The number of aromatic nitrogens is 2. The van der Waals surface area contributed by atoms with Crippen LogP contribution in [0.25, 0.3) is 0 Å². The molecule has 1 aromatic heterocycles. The number of rotatable bonds is 3. The summed E-state index contributed by atoms with van der Waals surface area (Å²) in [5.41, 5.74) is 1.08. The fraction of sp³-hybridized carbons (Fsp3) is 0.0833. The van der Waals surface area contributed by atoms with Crippen molar-refractivity contribution in [1.82, 2.24) is 10.2 Å². The lowest BCUT2D eigenvalue weighted by Crippen LogP contribution is -2.14. The molecule has 1 amide bonds. The van der Waals surface area contributed by atoms with Crippen LogP contribution in [0.15, 0.2) is 35.5 Å². The molecule has 0 bridgehead atoms. The van der Waals surface area contributed by atoms with Crippen LogP contribution >= 0.6 is 22.3 Å². The van der Waals surface area contributed by atoms with Crippen molar-refractivity contribution < 1.29 is 13.2 Å². The fourth-order valence-electron chi connectivity index (χ4n) is 1.62. The van der Waals surface area contributed by atoms with Crippen LogP contribution in [-0.2, 0) is 9.05 Å². The number of hydrogen-bond donors (Lipinski definition) is 1. The molecule has 1 aromatic carbocycles. The largest absolute Gasteiger partial charge is 0.320 e. The first kappa shape index (κ1) is 15.7. The van der Waals surface area contributed by atoms with E-state index >= 15 is 0 Å². The third-order valence-electron chi connectivity index (χ3n) is 2.63. The quantitative estimate of drug-likeness (QED) is 0.863. The Labute approximate surface area is 130 Å². The number of nitrogens with one attached hydrogen (secondary N) is 1. The molecule has 0 aliphatic heterocycles. The minimum atomic E-state index is -3.89. The monoisotopic (exact) mass is 345 g/mol. The summed E-state index contributed by atoms with van der Waals surface area (Å²) in [5, 5.41) is 9.84. The lowest BCUT2D eigenvalue weighted by atomic mass is 10.2. The van der Waals surface area contributed by atoms with Crippen molar-refractivity contribution in [1.29, 1.82) is 0 Å². The summed E-state index contributed by atoms with van der Waals surface area (Å²) >= 11 is 6.01. The topological polar surface area (TPSA) is 89.0 Å². The van der Waals surface area contributed by atoms with E-state index in [2.05, 4.69) is 15.5 Å². The van der Waals surface area contributed by atoms with Gasteiger partial charge in [-0.3, -0.25) is 4.79 Å². The zero-order chi connectivity index (χ0) is 15.6. The van der Waals surface area contributed by atoms with Gasteiger partial charge < -0.3 is 5.32 Å². The van der Waals surface area contributed by atoms with Gasteiger partial charge in [0.15, 0.2) is 0 Å². The van der Waals surface area contributed by atoms with Gasteiger partial charge in [0.2, 0.25) is 0 Å². The predicted molar refractivity (Wildman–Crippen MR) is 79.2 cm³/mol. The summed E-state index contributed by atoms with van der Waals surface area (Å²) in [4.78, 5) is 11.9. The lowest BCUT2D eigenvalue weighted by molar-refractivity contribution is 0.102. The van der Waals surface area contributed by atoms with Crippen molar-refractivity contribution in [3.8, 4) is 0 Å². The van der Waals surface area contributed by atoms with Gasteiger partial charge in [-0.1, -0.05) is 11.6 Å². The number of anilines is 1. The minimum Gasteiger partial charge on any atom is -0.320 e. The Morgan fingerprint density at radius 3 is 2.52 bits per heavy atom. The van der Waals surface area contributed by atoms with Crippen molar-refractivity contribution in [3.63, 3.8) is 0 Å². The minimum absolute atomic E-state index is 0.0737. The highest BCUT2D eigenvalue weighted by molar-refractivity contribution is 8.13. The van der Waals surface area contributed by atoms with Gasteiger partial charge in [-0.05, 0) is 30.7 Å². The van der Waals surface area contributed by atoms with E-state index in [9.17, 15) is 13.2 Å². The molecule has 1 heterocycles. The maximum absolute atomic E-state index is 12.0. The molecule has 0 unspecified atom stereocenters. The summed E-state index contributed by atoms with van der Waals surface area (Å²) in [6.07, 6.45) is 2.68. The van der Waals surface area contributed by atoms with Gasteiger partial charge in [0.25, 0.3) is 15.0 Å². The Morgan fingerprint density at radius 1 is 1.29 bits per heavy atom. The van der Waals surface area contributed by atoms with Crippen molar-refractivity contribution in [3.05, 3.63) is 46.7 Å². The summed E-state index contributed by atoms with van der Waals surface area (Å²) in [6, 6.07) is 4.00. The highest BCUT2D eigenvalue weighted by Gasteiger charge is 2.17. The van der Waals surface area contributed by atoms with E-state index < -0.39 is 15.0 Å².